The number of nitrogens with zero attached hydrogens (tertiary/aromatic N) is 1. The van der Waals surface area contributed by atoms with Crippen molar-refractivity contribution < 1.29 is 0 Å². The largest absolute Gasteiger partial charge is 0.327 e. The second-order valence-corrected chi connectivity index (χ2v) is 4.32. The Kier molecular flexibility index (Phi) is 2.26. The summed E-state index contributed by atoms with van der Waals surface area (Å²) in [6.07, 6.45) is 1.14. The minimum atomic E-state index is 0.275. The summed E-state index contributed by atoms with van der Waals surface area (Å²) in [6.45, 7) is 7.94. The van der Waals surface area contributed by atoms with Crippen molar-refractivity contribution in [2.24, 2.45) is 11.7 Å². The van der Waals surface area contributed by atoms with Crippen molar-refractivity contribution in [3.05, 3.63) is 0 Å². The molecule has 2 unspecified atom stereocenters. The molecule has 0 radical (unpaired) electrons. The third kappa shape index (κ3) is 1.42. The van der Waals surface area contributed by atoms with Gasteiger partial charge in [0.2, 0.25) is 0 Å². The Morgan fingerprint density at radius 3 is 2.45 bits per heavy atom. The van der Waals surface area contributed by atoms with E-state index in [1.54, 1.807) is 0 Å². The first-order valence-corrected chi connectivity index (χ1v) is 4.43. The Morgan fingerprint density at radius 1 is 1.45 bits per heavy atom. The molecule has 1 saturated heterocycles. The van der Waals surface area contributed by atoms with Crippen LogP contribution in [0, 0.1) is 5.92 Å². The average Bonchev–Trinajstić information content (AvgIpc) is 1.95. The molecule has 0 aromatic rings. The molecule has 0 bridgehead atoms. The molecule has 1 aliphatic heterocycles. The monoisotopic (exact) mass is 156 g/mol. The van der Waals surface area contributed by atoms with E-state index in [0.29, 0.717) is 12.0 Å². The van der Waals surface area contributed by atoms with Crippen LogP contribution in [-0.4, -0.2) is 30.1 Å². The van der Waals surface area contributed by atoms with Gasteiger partial charge in [0.25, 0.3) is 0 Å². The normalized spacial score (nSPS) is 39.0. The van der Waals surface area contributed by atoms with Gasteiger partial charge in [-0.2, -0.15) is 0 Å². The molecule has 0 aromatic heterocycles. The molecule has 66 valence electrons. The zero-order valence-electron chi connectivity index (χ0n) is 8.09. The molecular formula is C9H20N2. The number of hydrogen-bond donors (Lipinski definition) is 1. The van der Waals surface area contributed by atoms with E-state index in [2.05, 4.69) is 32.7 Å². The van der Waals surface area contributed by atoms with Gasteiger partial charge in [-0.1, -0.05) is 6.92 Å². The summed E-state index contributed by atoms with van der Waals surface area (Å²) in [5.74, 6) is 0.598. The minimum absolute atomic E-state index is 0.275. The predicted octanol–water partition coefficient (Wildman–Crippen LogP) is 1.06. The van der Waals surface area contributed by atoms with Crippen molar-refractivity contribution in [2.75, 3.05) is 13.6 Å². The zero-order valence-corrected chi connectivity index (χ0v) is 8.09. The molecule has 2 nitrogen and oxygen atoms in total. The van der Waals surface area contributed by atoms with Gasteiger partial charge in [-0.3, -0.25) is 0 Å². The Bertz CT molecular complexity index is 142. The van der Waals surface area contributed by atoms with E-state index in [0.717, 1.165) is 13.0 Å². The van der Waals surface area contributed by atoms with Gasteiger partial charge in [-0.15, -0.1) is 0 Å². The lowest BCUT2D eigenvalue weighted by Crippen LogP contribution is -2.57. The van der Waals surface area contributed by atoms with Crippen LogP contribution < -0.4 is 5.73 Å². The van der Waals surface area contributed by atoms with E-state index in [1.807, 2.05) is 0 Å². The first kappa shape index (κ1) is 9.01. The molecule has 1 rings (SSSR count). The highest BCUT2D eigenvalue weighted by atomic mass is 15.2. The van der Waals surface area contributed by atoms with E-state index in [9.17, 15) is 0 Å². The fourth-order valence-corrected chi connectivity index (χ4v) is 1.75. The Morgan fingerprint density at radius 2 is 2.00 bits per heavy atom. The molecule has 1 aliphatic rings. The summed E-state index contributed by atoms with van der Waals surface area (Å²) >= 11 is 0. The number of rotatable bonds is 0. The van der Waals surface area contributed by atoms with Gasteiger partial charge in [-0.25, -0.2) is 0 Å². The minimum Gasteiger partial charge on any atom is -0.327 e. The molecule has 0 saturated carbocycles. The summed E-state index contributed by atoms with van der Waals surface area (Å²) < 4.78 is 0. The highest BCUT2D eigenvalue weighted by molar-refractivity contribution is 4.94. The first-order valence-electron chi connectivity index (χ1n) is 4.43. The van der Waals surface area contributed by atoms with E-state index in [4.69, 9.17) is 5.73 Å². The molecule has 0 aliphatic carbocycles. The molecule has 2 atom stereocenters. The molecule has 11 heavy (non-hydrogen) atoms. The summed E-state index contributed by atoms with van der Waals surface area (Å²) in [7, 11) is 2.18. The molecule has 1 heterocycles. The summed E-state index contributed by atoms with van der Waals surface area (Å²) in [6, 6.07) is 0.390. The summed E-state index contributed by atoms with van der Waals surface area (Å²) in [4.78, 5) is 2.40. The van der Waals surface area contributed by atoms with Crippen molar-refractivity contribution >= 4 is 0 Å². The van der Waals surface area contributed by atoms with E-state index in [-0.39, 0.29) is 5.54 Å². The average molecular weight is 156 g/mol. The zero-order chi connectivity index (χ0) is 8.65. The lowest BCUT2D eigenvalue weighted by atomic mass is 9.78. The predicted molar refractivity (Wildman–Crippen MR) is 48.5 cm³/mol. The van der Waals surface area contributed by atoms with Crippen LogP contribution in [0.5, 0.6) is 0 Å². The van der Waals surface area contributed by atoms with Crippen LogP contribution in [0.25, 0.3) is 0 Å². The molecule has 0 spiro atoms. The van der Waals surface area contributed by atoms with Crippen LogP contribution in [-0.2, 0) is 0 Å². The number of likely N-dealkylation sites (tertiary alicyclic amines) is 1. The molecule has 2 heteroatoms. The topological polar surface area (TPSA) is 29.3 Å². The third-order valence-electron chi connectivity index (χ3n) is 3.54. The summed E-state index contributed by atoms with van der Waals surface area (Å²) in [5, 5.41) is 0. The van der Waals surface area contributed by atoms with Crippen molar-refractivity contribution in [2.45, 2.75) is 38.8 Å². The van der Waals surface area contributed by atoms with Crippen LogP contribution in [0.15, 0.2) is 0 Å². The lowest BCUT2D eigenvalue weighted by Gasteiger charge is -2.47. The van der Waals surface area contributed by atoms with Gasteiger partial charge in [-0.05, 0) is 39.8 Å². The molecule has 2 N–H and O–H groups in total. The SMILES string of the molecule is CC1C(N)CCN(C)C1(C)C. The Balaban J connectivity index is 2.72. The molecule has 1 fully saturated rings. The van der Waals surface area contributed by atoms with Crippen LogP contribution >= 0.6 is 0 Å². The lowest BCUT2D eigenvalue weighted by molar-refractivity contribution is 0.0407. The van der Waals surface area contributed by atoms with E-state index in [1.165, 1.54) is 0 Å². The second-order valence-electron chi connectivity index (χ2n) is 4.32. The maximum absolute atomic E-state index is 5.99. The fraction of sp³-hybridized carbons (Fsp3) is 1.00. The number of hydrogen-bond acceptors (Lipinski definition) is 2. The smallest absolute Gasteiger partial charge is 0.0190 e. The first-order chi connectivity index (χ1) is 4.96. The van der Waals surface area contributed by atoms with Crippen molar-refractivity contribution in [1.29, 1.82) is 0 Å². The maximum atomic E-state index is 5.99. The van der Waals surface area contributed by atoms with Crippen LogP contribution in [0.1, 0.15) is 27.2 Å². The van der Waals surface area contributed by atoms with Crippen LogP contribution in [0.4, 0.5) is 0 Å². The number of piperidine rings is 1. The number of nitrogens with two attached hydrogens (primary N) is 1. The van der Waals surface area contributed by atoms with Gasteiger partial charge in [0.15, 0.2) is 0 Å². The highest BCUT2D eigenvalue weighted by Crippen LogP contribution is 2.30. The van der Waals surface area contributed by atoms with Crippen LogP contribution in [0.3, 0.4) is 0 Å². The van der Waals surface area contributed by atoms with Crippen molar-refractivity contribution in [1.82, 2.24) is 4.90 Å². The van der Waals surface area contributed by atoms with Crippen molar-refractivity contribution in [3.8, 4) is 0 Å². The van der Waals surface area contributed by atoms with Crippen LogP contribution in [0.2, 0.25) is 0 Å². The van der Waals surface area contributed by atoms with Gasteiger partial charge in [0.1, 0.15) is 0 Å². The standard InChI is InChI=1S/C9H20N2/c1-7-8(10)5-6-11(4)9(7,2)3/h7-8H,5-6,10H2,1-4H3. The van der Waals surface area contributed by atoms with Crippen molar-refractivity contribution in [3.63, 3.8) is 0 Å². The fourth-order valence-electron chi connectivity index (χ4n) is 1.75. The molecule has 0 amide bonds. The van der Waals surface area contributed by atoms with Gasteiger partial charge < -0.3 is 10.6 Å². The molecule has 0 aromatic carbocycles. The van der Waals surface area contributed by atoms with E-state index < -0.39 is 0 Å². The van der Waals surface area contributed by atoms with E-state index >= 15 is 0 Å². The highest BCUT2D eigenvalue weighted by Gasteiger charge is 2.37. The summed E-state index contributed by atoms with van der Waals surface area (Å²) in [5.41, 5.74) is 6.26. The van der Waals surface area contributed by atoms with Gasteiger partial charge in [0.05, 0.1) is 0 Å². The van der Waals surface area contributed by atoms with Gasteiger partial charge >= 0.3 is 0 Å². The quantitative estimate of drug-likeness (QED) is 0.568. The Hall–Kier alpha value is -0.0800. The molecular weight excluding hydrogens is 136 g/mol. The maximum Gasteiger partial charge on any atom is 0.0190 e. The Labute approximate surface area is 69.8 Å². The third-order valence-corrected chi connectivity index (χ3v) is 3.54. The van der Waals surface area contributed by atoms with Gasteiger partial charge in [0, 0.05) is 11.6 Å². The second kappa shape index (κ2) is 2.76.